The van der Waals surface area contributed by atoms with Crippen molar-refractivity contribution in [2.24, 2.45) is 5.92 Å². The van der Waals surface area contributed by atoms with E-state index < -0.39 is 17.8 Å². The van der Waals surface area contributed by atoms with Crippen molar-refractivity contribution in [1.29, 1.82) is 0 Å². The first-order valence-electron chi connectivity index (χ1n) is 11.7. The first kappa shape index (κ1) is 23.0. The van der Waals surface area contributed by atoms with Gasteiger partial charge in [-0.15, -0.1) is 0 Å². The van der Waals surface area contributed by atoms with Gasteiger partial charge in [-0.25, -0.2) is 4.39 Å². The molecule has 2 aromatic rings. The summed E-state index contributed by atoms with van der Waals surface area (Å²) in [5, 5.41) is 5.86. The summed E-state index contributed by atoms with van der Waals surface area (Å²) in [6.07, 6.45) is 4.37. The minimum absolute atomic E-state index is 0.0636. The van der Waals surface area contributed by atoms with Crippen molar-refractivity contribution >= 4 is 17.7 Å². The number of nitrogens with one attached hydrogen (secondary N) is 2. The summed E-state index contributed by atoms with van der Waals surface area (Å²) in [6.45, 7) is 1.13. The fourth-order valence-electron chi connectivity index (χ4n) is 4.28. The number of hydrogen-bond donors (Lipinski definition) is 2. The van der Waals surface area contributed by atoms with Crippen LogP contribution in [0.3, 0.4) is 0 Å². The second-order valence-corrected chi connectivity index (χ2v) is 8.94. The average Bonchev–Trinajstić information content (AvgIpc) is 3.66. The van der Waals surface area contributed by atoms with Crippen LogP contribution >= 0.6 is 0 Å². The summed E-state index contributed by atoms with van der Waals surface area (Å²) in [5.41, 5.74) is 1.45. The van der Waals surface area contributed by atoms with E-state index in [2.05, 4.69) is 10.6 Å². The van der Waals surface area contributed by atoms with Crippen LogP contribution < -0.4 is 10.6 Å². The van der Waals surface area contributed by atoms with Crippen LogP contribution in [0.15, 0.2) is 54.6 Å². The number of aryl methyl sites for hydroxylation is 1. The van der Waals surface area contributed by atoms with Crippen LogP contribution in [0.5, 0.6) is 0 Å². The molecule has 0 aromatic heterocycles. The molecule has 2 N–H and O–H groups in total. The lowest BCUT2D eigenvalue weighted by Crippen LogP contribution is -2.54. The molecule has 2 fully saturated rings. The third-order valence-corrected chi connectivity index (χ3v) is 6.43. The topological polar surface area (TPSA) is 78.5 Å². The molecule has 0 unspecified atom stereocenters. The Kier molecular flexibility index (Phi) is 7.37. The van der Waals surface area contributed by atoms with Gasteiger partial charge < -0.3 is 15.5 Å². The van der Waals surface area contributed by atoms with Gasteiger partial charge in [-0.3, -0.25) is 14.4 Å². The number of amides is 3. The average molecular weight is 452 g/mol. The van der Waals surface area contributed by atoms with Crippen molar-refractivity contribution in [2.45, 2.75) is 50.6 Å². The molecule has 2 aromatic carbocycles. The van der Waals surface area contributed by atoms with Gasteiger partial charge in [0.25, 0.3) is 5.91 Å². The number of carbonyl (C=O) groups is 3. The summed E-state index contributed by atoms with van der Waals surface area (Å²) >= 11 is 0. The molecule has 0 bridgehead atoms. The molecule has 6 nitrogen and oxygen atoms in total. The molecule has 33 heavy (non-hydrogen) atoms. The van der Waals surface area contributed by atoms with Crippen LogP contribution in [-0.4, -0.2) is 47.8 Å². The normalized spacial score (nSPS) is 17.3. The Morgan fingerprint density at radius 2 is 1.61 bits per heavy atom. The number of piperidine rings is 1. The summed E-state index contributed by atoms with van der Waals surface area (Å²) in [6, 6.07) is 14.7. The summed E-state index contributed by atoms with van der Waals surface area (Å²) in [4.78, 5) is 40.2. The van der Waals surface area contributed by atoms with Gasteiger partial charge in [0.1, 0.15) is 11.9 Å². The number of nitrogens with zero attached hydrogens (tertiary/aromatic N) is 1. The van der Waals surface area contributed by atoms with Gasteiger partial charge >= 0.3 is 0 Å². The van der Waals surface area contributed by atoms with Crippen molar-refractivity contribution in [1.82, 2.24) is 15.5 Å². The standard InChI is InChI=1S/C26H30FN3O3/c27-21-9-7-20(8-10-21)25(32)29-24(26(33)28-22-11-12-22)19-14-16-30(17-15-19)23(31)13-6-18-4-2-1-3-5-18/h1-5,7-10,19,22,24H,6,11-17H2,(H,28,33)(H,29,32)/t24-/m0/s1. The quantitative estimate of drug-likeness (QED) is 0.648. The fourth-order valence-corrected chi connectivity index (χ4v) is 4.28. The van der Waals surface area contributed by atoms with E-state index in [1.54, 1.807) is 0 Å². The largest absolute Gasteiger partial charge is 0.352 e. The molecule has 1 saturated carbocycles. The van der Waals surface area contributed by atoms with Crippen molar-refractivity contribution in [2.75, 3.05) is 13.1 Å². The lowest BCUT2D eigenvalue weighted by molar-refractivity contribution is -0.133. The number of carbonyl (C=O) groups excluding carboxylic acids is 3. The Morgan fingerprint density at radius 3 is 2.24 bits per heavy atom. The highest BCUT2D eigenvalue weighted by atomic mass is 19.1. The molecular formula is C26H30FN3O3. The van der Waals surface area contributed by atoms with E-state index in [1.807, 2.05) is 35.2 Å². The number of halogens is 1. The van der Waals surface area contributed by atoms with Crippen LogP contribution in [0.4, 0.5) is 4.39 Å². The molecular weight excluding hydrogens is 421 g/mol. The maximum absolute atomic E-state index is 13.2. The van der Waals surface area contributed by atoms with Crippen LogP contribution in [0.2, 0.25) is 0 Å². The number of rotatable bonds is 8. The minimum atomic E-state index is -0.676. The van der Waals surface area contributed by atoms with Crippen LogP contribution in [0, 0.1) is 11.7 Å². The Bertz CT molecular complexity index is 968. The number of likely N-dealkylation sites (tertiary alicyclic amines) is 1. The Hall–Kier alpha value is -3.22. The van der Waals surface area contributed by atoms with Crippen LogP contribution in [-0.2, 0) is 16.0 Å². The molecule has 0 radical (unpaired) electrons. The second kappa shape index (κ2) is 10.6. The molecule has 2 aliphatic rings. The SMILES string of the molecule is O=C(N[C@H](C(=O)NC1CC1)C1CCN(C(=O)CCc2ccccc2)CC1)c1ccc(F)cc1. The van der Waals surface area contributed by atoms with Crippen LogP contribution in [0.25, 0.3) is 0 Å². The molecule has 174 valence electrons. The zero-order valence-corrected chi connectivity index (χ0v) is 18.6. The highest BCUT2D eigenvalue weighted by Gasteiger charge is 2.36. The summed E-state index contributed by atoms with van der Waals surface area (Å²) < 4.78 is 13.2. The molecule has 3 amide bonds. The van der Waals surface area contributed by atoms with E-state index in [1.165, 1.54) is 24.3 Å². The molecule has 7 heteroatoms. The summed E-state index contributed by atoms with van der Waals surface area (Å²) in [7, 11) is 0. The van der Waals surface area contributed by atoms with E-state index in [9.17, 15) is 18.8 Å². The maximum Gasteiger partial charge on any atom is 0.251 e. The Labute approximate surface area is 193 Å². The maximum atomic E-state index is 13.2. The predicted octanol–water partition coefficient (Wildman–Crippen LogP) is 3.07. The number of hydrogen-bond acceptors (Lipinski definition) is 3. The van der Waals surface area contributed by atoms with Gasteiger partial charge in [0, 0.05) is 31.1 Å². The lowest BCUT2D eigenvalue weighted by atomic mass is 9.88. The zero-order valence-electron chi connectivity index (χ0n) is 18.6. The minimum Gasteiger partial charge on any atom is -0.352 e. The van der Waals surface area contributed by atoms with Crippen molar-refractivity contribution in [3.63, 3.8) is 0 Å². The molecule has 1 saturated heterocycles. The van der Waals surface area contributed by atoms with Gasteiger partial charge in [0.05, 0.1) is 0 Å². The van der Waals surface area contributed by atoms with Crippen LogP contribution in [0.1, 0.15) is 48.0 Å². The first-order valence-corrected chi connectivity index (χ1v) is 11.7. The van der Waals surface area contributed by atoms with E-state index in [0.29, 0.717) is 44.3 Å². The number of benzene rings is 2. The van der Waals surface area contributed by atoms with E-state index in [4.69, 9.17) is 0 Å². The first-order chi connectivity index (χ1) is 16.0. The van der Waals surface area contributed by atoms with Crippen molar-refractivity contribution in [3.05, 3.63) is 71.5 Å². The molecule has 1 aliphatic carbocycles. The highest BCUT2D eigenvalue weighted by molar-refractivity contribution is 5.97. The predicted molar refractivity (Wildman–Crippen MR) is 123 cm³/mol. The highest BCUT2D eigenvalue weighted by Crippen LogP contribution is 2.24. The Morgan fingerprint density at radius 1 is 0.939 bits per heavy atom. The van der Waals surface area contributed by atoms with E-state index >= 15 is 0 Å². The smallest absolute Gasteiger partial charge is 0.251 e. The van der Waals surface area contributed by atoms with Gasteiger partial charge in [0.2, 0.25) is 11.8 Å². The van der Waals surface area contributed by atoms with Gasteiger partial charge in [-0.1, -0.05) is 30.3 Å². The van der Waals surface area contributed by atoms with Crippen molar-refractivity contribution < 1.29 is 18.8 Å². The molecule has 4 rings (SSSR count). The molecule has 1 atom stereocenters. The van der Waals surface area contributed by atoms with Crippen molar-refractivity contribution in [3.8, 4) is 0 Å². The molecule has 1 heterocycles. The zero-order chi connectivity index (χ0) is 23.2. The van der Waals surface area contributed by atoms with E-state index in [-0.39, 0.29) is 23.8 Å². The van der Waals surface area contributed by atoms with Gasteiger partial charge in [-0.2, -0.15) is 0 Å². The Balaban J connectivity index is 1.34. The van der Waals surface area contributed by atoms with Gasteiger partial charge in [-0.05, 0) is 67.9 Å². The molecule has 0 spiro atoms. The van der Waals surface area contributed by atoms with Gasteiger partial charge in [0.15, 0.2) is 0 Å². The fraction of sp³-hybridized carbons (Fsp3) is 0.423. The third kappa shape index (κ3) is 6.40. The van der Waals surface area contributed by atoms with E-state index in [0.717, 1.165) is 18.4 Å². The monoisotopic (exact) mass is 451 g/mol. The lowest BCUT2D eigenvalue weighted by Gasteiger charge is -2.36. The second-order valence-electron chi connectivity index (χ2n) is 8.94. The summed E-state index contributed by atoms with van der Waals surface area (Å²) in [5.74, 6) is -0.939. The third-order valence-electron chi connectivity index (χ3n) is 6.43. The molecule has 1 aliphatic heterocycles.